The average Bonchev–Trinajstić information content (AvgIpc) is 2.92. The number of anilines is 2. The Kier molecular flexibility index (Phi) is 2.41. The van der Waals surface area contributed by atoms with Crippen LogP contribution in [0.15, 0.2) is 40.8 Å². The summed E-state index contributed by atoms with van der Waals surface area (Å²) in [5, 5.41) is 3.98. The minimum absolute atomic E-state index is 0.611. The van der Waals surface area contributed by atoms with Crippen molar-refractivity contribution in [3.8, 4) is 0 Å². The predicted octanol–water partition coefficient (Wildman–Crippen LogP) is 3.63. The van der Waals surface area contributed by atoms with Gasteiger partial charge in [0.2, 0.25) is 0 Å². The Morgan fingerprint density at radius 3 is 2.78 bits per heavy atom. The number of hydrogen-bond donors (Lipinski definition) is 2. The SMILES string of the molecule is Cc1ccc(Nc2[nH]c3ccccc3c2C=O)o1. The van der Waals surface area contributed by atoms with E-state index in [-0.39, 0.29) is 0 Å². The maximum atomic E-state index is 11.2. The fourth-order valence-electron chi connectivity index (χ4n) is 2.01. The van der Waals surface area contributed by atoms with Crippen LogP contribution in [0.3, 0.4) is 0 Å². The molecule has 90 valence electrons. The lowest BCUT2D eigenvalue weighted by molar-refractivity contribution is 0.112. The second-order valence-corrected chi connectivity index (χ2v) is 4.11. The van der Waals surface area contributed by atoms with E-state index in [1.54, 1.807) is 0 Å². The lowest BCUT2D eigenvalue weighted by Gasteiger charge is -2.00. The molecule has 0 bridgehead atoms. The maximum Gasteiger partial charge on any atom is 0.198 e. The summed E-state index contributed by atoms with van der Waals surface area (Å²) in [6, 6.07) is 11.4. The van der Waals surface area contributed by atoms with Crippen molar-refractivity contribution < 1.29 is 9.21 Å². The van der Waals surface area contributed by atoms with Crippen LogP contribution >= 0.6 is 0 Å². The Morgan fingerprint density at radius 2 is 2.06 bits per heavy atom. The fraction of sp³-hybridized carbons (Fsp3) is 0.0714. The number of furan rings is 1. The number of aryl methyl sites for hydroxylation is 1. The summed E-state index contributed by atoms with van der Waals surface area (Å²) in [6.07, 6.45) is 0.844. The highest BCUT2D eigenvalue weighted by atomic mass is 16.4. The number of aldehydes is 1. The third kappa shape index (κ3) is 1.68. The van der Waals surface area contributed by atoms with E-state index >= 15 is 0 Å². The molecule has 0 unspecified atom stereocenters. The van der Waals surface area contributed by atoms with Crippen LogP contribution in [0.1, 0.15) is 16.1 Å². The van der Waals surface area contributed by atoms with Crippen LogP contribution in [0.4, 0.5) is 11.7 Å². The lowest BCUT2D eigenvalue weighted by atomic mass is 10.2. The van der Waals surface area contributed by atoms with Gasteiger partial charge in [-0.2, -0.15) is 0 Å². The predicted molar refractivity (Wildman–Crippen MR) is 70.4 cm³/mol. The minimum atomic E-state index is 0.611. The number of aromatic nitrogens is 1. The second-order valence-electron chi connectivity index (χ2n) is 4.11. The molecule has 18 heavy (non-hydrogen) atoms. The largest absolute Gasteiger partial charge is 0.446 e. The highest BCUT2D eigenvalue weighted by Gasteiger charge is 2.11. The lowest BCUT2D eigenvalue weighted by Crippen LogP contribution is -1.92. The summed E-state index contributed by atoms with van der Waals surface area (Å²) in [6.45, 7) is 1.87. The molecule has 0 saturated carbocycles. The highest BCUT2D eigenvalue weighted by molar-refractivity contribution is 6.03. The Labute approximate surface area is 104 Å². The third-order valence-corrected chi connectivity index (χ3v) is 2.85. The summed E-state index contributed by atoms with van der Waals surface area (Å²) < 4.78 is 5.44. The van der Waals surface area contributed by atoms with E-state index in [1.165, 1.54) is 0 Å². The summed E-state index contributed by atoms with van der Waals surface area (Å²) >= 11 is 0. The number of aromatic amines is 1. The van der Waals surface area contributed by atoms with E-state index in [4.69, 9.17) is 4.42 Å². The van der Waals surface area contributed by atoms with Crippen molar-refractivity contribution in [2.24, 2.45) is 0 Å². The summed E-state index contributed by atoms with van der Waals surface area (Å²) in [5.41, 5.74) is 1.53. The molecule has 2 heterocycles. The van der Waals surface area contributed by atoms with Gasteiger partial charge in [-0.05, 0) is 19.1 Å². The zero-order valence-corrected chi connectivity index (χ0v) is 9.86. The molecule has 0 amide bonds. The molecular formula is C14H12N2O2. The van der Waals surface area contributed by atoms with Crippen molar-refractivity contribution in [1.82, 2.24) is 4.98 Å². The molecular weight excluding hydrogens is 228 g/mol. The molecule has 0 atom stereocenters. The van der Waals surface area contributed by atoms with Crippen molar-refractivity contribution in [2.45, 2.75) is 6.92 Å². The number of fused-ring (bicyclic) bond motifs is 1. The molecule has 2 N–H and O–H groups in total. The molecule has 4 nitrogen and oxygen atoms in total. The molecule has 0 saturated heterocycles. The van der Waals surface area contributed by atoms with E-state index < -0.39 is 0 Å². The maximum absolute atomic E-state index is 11.2. The van der Waals surface area contributed by atoms with E-state index in [1.807, 2.05) is 43.3 Å². The van der Waals surface area contributed by atoms with Gasteiger partial charge in [-0.15, -0.1) is 0 Å². The van der Waals surface area contributed by atoms with E-state index in [0.29, 0.717) is 17.3 Å². The Balaban J connectivity index is 2.08. The Hall–Kier alpha value is -2.49. The third-order valence-electron chi connectivity index (χ3n) is 2.85. The topological polar surface area (TPSA) is 58.0 Å². The number of benzene rings is 1. The first-order valence-corrected chi connectivity index (χ1v) is 5.67. The van der Waals surface area contributed by atoms with Crippen LogP contribution in [0.2, 0.25) is 0 Å². The second kappa shape index (κ2) is 4.07. The molecule has 0 aliphatic heterocycles. The van der Waals surface area contributed by atoms with Gasteiger partial charge in [0, 0.05) is 17.0 Å². The molecule has 2 aromatic heterocycles. The number of hydrogen-bond acceptors (Lipinski definition) is 3. The van der Waals surface area contributed by atoms with Crippen LogP contribution in [-0.4, -0.2) is 11.3 Å². The van der Waals surface area contributed by atoms with Gasteiger partial charge in [0.15, 0.2) is 12.2 Å². The fourth-order valence-corrected chi connectivity index (χ4v) is 2.01. The van der Waals surface area contributed by atoms with Crippen LogP contribution in [0.25, 0.3) is 10.9 Å². The van der Waals surface area contributed by atoms with Crippen molar-refractivity contribution in [1.29, 1.82) is 0 Å². The van der Waals surface area contributed by atoms with Gasteiger partial charge in [-0.1, -0.05) is 18.2 Å². The van der Waals surface area contributed by atoms with Gasteiger partial charge in [0.05, 0.1) is 5.56 Å². The van der Waals surface area contributed by atoms with E-state index in [0.717, 1.165) is 22.9 Å². The number of H-pyrrole nitrogens is 1. The van der Waals surface area contributed by atoms with Crippen LogP contribution in [0, 0.1) is 6.92 Å². The number of carbonyl (C=O) groups excluding carboxylic acids is 1. The zero-order valence-electron chi connectivity index (χ0n) is 9.86. The summed E-state index contributed by atoms with van der Waals surface area (Å²) in [5.74, 6) is 2.09. The standard InChI is InChI=1S/C14H12N2O2/c1-9-6-7-13(18-9)16-14-11(8-17)10-4-2-3-5-12(10)15-14/h2-8,15-16H,1H3. The van der Waals surface area contributed by atoms with Gasteiger partial charge in [0.1, 0.15) is 11.6 Å². The number of carbonyl (C=O) groups is 1. The smallest absolute Gasteiger partial charge is 0.198 e. The number of nitrogens with one attached hydrogen (secondary N) is 2. The van der Waals surface area contributed by atoms with Crippen LogP contribution in [0.5, 0.6) is 0 Å². The first kappa shape index (κ1) is 10.7. The zero-order chi connectivity index (χ0) is 12.5. The molecule has 0 spiro atoms. The average molecular weight is 240 g/mol. The van der Waals surface area contributed by atoms with Gasteiger partial charge in [0.25, 0.3) is 0 Å². The quantitative estimate of drug-likeness (QED) is 0.687. The Morgan fingerprint density at radius 1 is 1.22 bits per heavy atom. The molecule has 1 aromatic carbocycles. The van der Waals surface area contributed by atoms with Crippen molar-refractivity contribution in [2.75, 3.05) is 5.32 Å². The Bertz CT molecular complexity index is 709. The molecule has 0 aliphatic carbocycles. The molecule has 3 rings (SSSR count). The van der Waals surface area contributed by atoms with Gasteiger partial charge in [-0.3, -0.25) is 4.79 Å². The summed E-state index contributed by atoms with van der Waals surface area (Å²) in [7, 11) is 0. The monoisotopic (exact) mass is 240 g/mol. The van der Waals surface area contributed by atoms with Gasteiger partial charge >= 0.3 is 0 Å². The summed E-state index contributed by atoms with van der Waals surface area (Å²) in [4.78, 5) is 14.4. The van der Waals surface area contributed by atoms with E-state index in [2.05, 4.69) is 10.3 Å². The first-order chi connectivity index (χ1) is 8.78. The highest BCUT2D eigenvalue weighted by Crippen LogP contribution is 2.27. The van der Waals surface area contributed by atoms with Crippen molar-refractivity contribution in [3.63, 3.8) is 0 Å². The van der Waals surface area contributed by atoms with Crippen molar-refractivity contribution >= 4 is 28.9 Å². The number of para-hydroxylation sites is 1. The van der Waals surface area contributed by atoms with Crippen LogP contribution < -0.4 is 5.32 Å². The number of rotatable bonds is 3. The minimum Gasteiger partial charge on any atom is -0.446 e. The normalized spacial score (nSPS) is 10.7. The molecule has 3 aromatic rings. The molecule has 4 heteroatoms. The van der Waals surface area contributed by atoms with E-state index in [9.17, 15) is 4.79 Å². The molecule has 0 aliphatic rings. The van der Waals surface area contributed by atoms with Gasteiger partial charge < -0.3 is 14.7 Å². The van der Waals surface area contributed by atoms with Gasteiger partial charge in [-0.25, -0.2) is 0 Å². The molecule has 0 fully saturated rings. The molecule has 0 radical (unpaired) electrons. The van der Waals surface area contributed by atoms with Crippen LogP contribution in [-0.2, 0) is 0 Å². The van der Waals surface area contributed by atoms with Crippen molar-refractivity contribution in [3.05, 3.63) is 47.7 Å². The first-order valence-electron chi connectivity index (χ1n) is 5.67.